The molecule has 1 heteroatoms. The van der Waals surface area contributed by atoms with Gasteiger partial charge in [0.15, 0.2) is 0 Å². The molecule has 4 bridgehead atoms. The highest BCUT2D eigenvalue weighted by atomic mass is 16.1. The molecule has 1 nitrogen and oxygen atoms in total. The number of Topliss-reactive ketones (excluding diaryl/α,β-unsaturated/α-hetero) is 1. The molecule has 0 aromatic heterocycles. The molecule has 3 aliphatic carbocycles. The zero-order valence-corrected chi connectivity index (χ0v) is 9.25. The molecule has 3 rings (SSSR count). The Hall–Kier alpha value is -0.330. The van der Waals surface area contributed by atoms with Crippen molar-refractivity contribution in [3.63, 3.8) is 0 Å². The highest BCUT2D eigenvalue weighted by molar-refractivity contribution is 5.87. The van der Waals surface area contributed by atoms with E-state index in [2.05, 4.69) is 13.8 Å². The van der Waals surface area contributed by atoms with Crippen LogP contribution in [0.25, 0.3) is 0 Å². The zero-order chi connectivity index (χ0) is 9.92. The van der Waals surface area contributed by atoms with Crippen molar-refractivity contribution in [3.05, 3.63) is 0 Å². The minimum Gasteiger partial charge on any atom is -0.299 e. The number of carbonyl (C=O) groups excluding carboxylic acids is 1. The first-order valence-electron chi connectivity index (χ1n) is 6.15. The molecule has 0 aliphatic heterocycles. The van der Waals surface area contributed by atoms with Gasteiger partial charge in [0.25, 0.3) is 0 Å². The van der Waals surface area contributed by atoms with Gasteiger partial charge in [-0.15, -0.1) is 0 Å². The van der Waals surface area contributed by atoms with Gasteiger partial charge in [-0.1, -0.05) is 20.3 Å². The van der Waals surface area contributed by atoms with Gasteiger partial charge in [-0.25, -0.2) is 0 Å². The number of hydrogen-bond donors (Lipinski definition) is 0. The molecule has 0 unspecified atom stereocenters. The quantitative estimate of drug-likeness (QED) is 0.576. The van der Waals surface area contributed by atoms with Crippen molar-refractivity contribution in [3.8, 4) is 0 Å². The number of hydrogen-bond acceptors (Lipinski definition) is 1. The van der Waals surface area contributed by atoms with E-state index in [0.29, 0.717) is 23.0 Å². The molecule has 3 saturated carbocycles. The highest BCUT2D eigenvalue weighted by Gasteiger charge is 2.59. The normalized spacial score (nSPS) is 49.4. The molecule has 0 radical (unpaired) electrons. The van der Waals surface area contributed by atoms with Crippen LogP contribution in [-0.4, -0.2) is 5.78 Å². The van der Waals surface area contributed by atoms with Gasteiger partial charge in [-0.05, 0) is 42.9 Å². The van der Waals surface area contributed by atoms with E-state index in [-0.39, 0.29) is 0 Å². The zero-order valence-electron chi connectivity index (χ0n) is 9.25. The summed E-state index contributed by atoms with van der Waals surface area (Å²) in [4.78, 5) is 12.1. The fraction of sp³-hybridized carbons (Fsp3) is 0.923. The predicted molar refractivity (Wildman–Crippen MR) is 55.8 cm³/mol. The standard InChI is InChI=1S/C13H20O/c1-13(2)7-3-4-9-8-5-6-10(11(8)13)12(9)14/h8-11H,3-7H2,1-2H3/t8-,9-,10-,11+/m0/s1. The summed E-state index contributed by atoms with van der Waals surface area (Å²) >= 11 is 0. The lowest BCUT2D eigenvalue weighted by atomic mass is 9.71. The summed E-state index contributed by atoms with van der Waals surface area (Å²) in [6, 6.07) is 0. The van der Waals surface area contributed by atoms with Gasteiger partial charge in [-0.3, -0.25) is 4.79 Å². The lowest BCUT2D eigenvalue weighted by Crippen LogP contribution is -2.28. The second-order valence-corrected chi connectivity index (χ2v) is 6.26. The number of carbonyl (C=O) groups is 1. The van der Waals surface area contributed by atoms with Gasteiger partial charge in [0.2, 0.25) is 0 Å². The second-order valence-electron chi connectivity index (χ2n) is 6.26. The molecule has 3 fully saturated rings. The molecule has 0 N–H and O–H groups in total. The Labute approximate surface area is 86.3 Å². The SMILES string of the molecule is CC1(C)CCC[C@@H]2C(=O)[C@H]3CC[C@@H]2[C@H]31. The first-order chi connectivity index (χ1) is 6.61. The van der Waals surface area contributed by atoms with E-state index in [1.165, 1.54) is 32.1 Å². The largest absolute Gasteiger partial charge is 0.299 e. The maximum absolute atomic E-state index is 12.1. The summed E-state index contributed by atoms with van der Waals surface area (Å²) in [5.41, 5.74) is 0.437. The van der Waals surface area contributed by atoms with Gasteiger partial charge >= 0.3 is 0 Å². The van der Waals surface area contributed by atoms with Crippen LogP contribution in [0.2, 0.25) is 0 Å². The minimum atomic E-state index is 0.437. The Balaban J connectivity index is 2.03. The van der Waals surface area contributed by atoms with Crippen LogP contribution in [-0.2, 0) is 4.79 Å². The van der Waals surface area contributed by atoms with Crippen molar-refractivity contribution >= 4 is 5.78 Å². The molecule has 3 aliphatic rings. The van der Waals surface area contributed by atoms with Crippen molar-refractivity contribution in [1.29, 1.82) is 0 Å². The van der Waals surface area contributed by atoms with Crippen LogP contribution in [0.1, 0.15) is 46.0 Å². The summed E-state index contributed by atoms with van der Waals surface area (Å²) in [6.07, 6.45) is 6.36. The summed E-state index contributed by atoms with van der Waals surface area (Å²) in [7, 11) is 0. The predicted octanol–water partition coefficient (Wildman–Crippen LogP) is 3.04. The minimum absolute atomic E-state index is 0.437. The van der Waals surface area contributed by atoms with Crippen LogP contribution in [0.5, 0.6) is 0 Å². The van der Waals surface area contributed by atoms with Crippen LogP contribution < -0.4 is 0 Å². The molecule has 14 heavy (non-hydrogen) atoms. The average Bonchev–Trinajstić information content (AvgIpc) is 2.60. The molecule has 0 aromatic carbocycles. The van der Waals surface area contributed by atoms with Crippen molar-refractivity contribution in [1.82, 2.24) is 0 Å². The Morgan fingerprint density at radius 3 is 2.71 bits per heavy atom. The molecule has 0 heterocycles. The lowest BCUT2D eigenvalue weighted by Gasteiger charge is -2.33. The second kappa shape index (κ2) is 2.62. The first-order valence-corrected chi connectivity index (χ1v) is 6.15. The lowest BCUT2D eigenvalue weighted by molar-refractivity contribution is -0.126. The van der Waals surface area contributed by atoms with E-state index >= 15 is 0 Å². The van der Waals surface area contributed by atoms with Gasteiger partial charge in [0.05, 0.1) is 0 Å². The van der Waals surface area contributed by atoms with Crippen LogP contribution in [0.15, 0.2) is 0 Å². The molecule has 0 aromatic rings. The molecule has 0 amide bonds. The Kier molecular flexibility index (Phi) is 1.67. The monoisotopic (exact) mass is 192 g/mol. The maximum Gasteiger partial charge on any atom is 0.139 e. The summed E-state index contributed by atoms with van der Waals surface area (Å²) in [5, 5.41) is 0. The Morgan fingerprint density at radius 1 is 1.14 bits per heavy atom. The van der Waals surface area contributed by atoms with E-state index < -0.39 is 0 Å². The maximum atomic E-state index is 12.1. The Bertz CT molecular complexity index is 279. The van der Waals surface area contributed by atoms with Crippen molar-refractivity contribution < 1.29 is 4.79 Å². The van der Waals surface area contributed by atoms with Crippen molar-refractivity contribution in [2.24, 2.45) is 29.1 Å². The highest BCUT2D eigenvalue weighted by Crippen LogP contribution is 2.61. The third-order valence-electron chi connectivity index (χ3n) is 5.19. The van der Waals surface area contributed by atoms with E-state index in [4.69, 9.17) is 0 Å². The third kappa shape index (κ3) is 0.936. The molecule has 0 saturated heterocycles. The molecular weight excluding hydrogens is 172 g/mol. The van der Waals surface area contributed by atoms with Gasteiger partial charge in [-0.2, -0.15) is 0 Å². The van der Waals surface area contributed by atoms with Crippen LogP contribution in [0, 0.1) is 29.1 Å². The van der Waals surface area contributed by atoms with Gasteiger partial charge in [0.1, 0.15) is 5.78 Å². The summed E-state index contributed by atoms with van der Waals surface area (Å²) < 4.78 is 0. The average molecular weight is 192 g/mol. The molecule has 4 atom stereocenters. The van der Waals surface area contributed by atoms with Crippen LogP contribution in [0.3, 0.4) is 0 Å². The Morgan fingerprint density at radius 2 is 1.93 bits per heavy atom. The van der Waals surface area contributed by atoms with E-state index in [1.54, 1.807) is 0 Å². The van der Waals surface area contributed by atoms with Gasteiger partial charge < -0.3 is 0 Å². The molecule has 78 valence electrons. The topological polar surface area (TPSA) is 17.1 Å². The fourth-order valence-electron chi connectivity index (χ4n) is 4.71. The summed E-state index contributed by atoms with van der Waals surface area (Å²) in [5.74, 6) is 3.08. The third-order valence-corrected chi connectivity index (χ3v) is 5.19. The van der Waals surface area contributed by atoms with Crippen LogP contribution in [0.4, 0.5) is 0 Å². The summed E-state index contributed by atoms with van der Waals surface area (Å²) in [6.45, 7) is 4.79. The van der Waals surface area contributed by atoms with E-state index in [9.17, 15) is 4.79 Å². The molecular formula is C13H20O. The van der Waals surface area contributed by atoms with E-state index in [0.717, 1.165) is 11.8 Å². The first kappa shape index (κ1) is 8.94. The van der Waals surface area contributed by atoms with Crippen LogP contribution >= 0.6 is 0 Å². The molecule has 0 spiro atoms. The number of rotatable bonds is 0. The van der Waals surface area contributed by atoms with E-state index in [1.807, 2.05) is 0 Å². The number of ketones is 1. The fourth-order valence-corrected chi connectivity index (χ4v) is 4.71. The van der Waals surface area contributed by atoms with Gasteiger partial charge in [0, 0.05) is 11.8 Å². The smallest absolute Gasteiger partial charge is 0.139 e. The van der Waals surface area contributed by atoms with Crippen molar-refractivity contribution in [2.45, 2.75) is 46.0 Å². The van der Waals surface area contributed by atoms with Crippen molar-refractivity contribution in [2.75, 3.05) is 0 Å².